The van der Waals surface area contributed by atoms with E-state index in [0.29, 0.717) is 28.7 Å². The number of hydrogen-bond donors (Lipinski definition) is 2. The quantitative estimate of drug-likeness (QED) is 0.610. The van der Waals surface area contributed by atoms with Crippen LogP contribution in [0.1, 0.15) is 11.3 Å². The number of H-pyrrole nitrogens is 1. The second-order valence-electron chi connectivity index (χ2n) is 5.64. The maximum Gasteiger partial charge on any atom is 0.273 e. The average Bonchev–Trinajstić information content (AvgIpc) is 2.69. The molecule has 0 aliphatic carbocycles. The molecule has 0 unspecified atom stereocenters. The predicted octanol–water partition coefficient (Wildman–Crippen LogP) is 2.50. The predicted molar refractivity (Wildman–Crippen MR) is 104 cm³/mol. The fourth-order valence-corrected chi connectivity index (χ4v) is 2.95. The Hall–Kier alpha value is -3.13. The van der Waals surface area contributed by atoms with E-state index < -0.39 is 0 Å². The number of benzene rings is 2. The standard InChI is InChI=1S/C19H18N4O3S/c1-26-15-9-5-8-14(11-15)20-17(24)12-27-19-21-18(25)16(22-23-19)10-13-6-3-2-4-7-13/h2-9,11H,10,12H2,1H3,(H,20,24)(H,21,23,25). The first-order valence-electron chi connectivity index (χ1n) is 8.20. The number of carbonyl (C=O) groups excluding carboxylic acids is 1. The van der Waals surface area contributed by atoms with E-state index in [4.69, 9.17) is 4.74 Å². The van der Waals surface area contributed by atoms with Crippen molar-refractivity contribution in [2.45, 2.75) is 11.6 Å². The largest absolute Gasteiger partial charge is 0.497 e. The Balaban J connectivity index is 1.57. The van der Waals surface area contributed by atoms with Crippen molar-refractivity contribution in [3.05, 3.63) is 76.2 Å². The summed E-state index contributed by atoms with van der Waals surface area (Å²) in [5, 5.41) is 11.1. The maximum absolute atomic E-state index is 12.2. The van der Waals surface area contributed by atoms with Gasteiger partial charge in [-0.15, -0.1) is 10.2 Å². The smallest absolute Gasteiger partial charge is 0.273 e. The molecule has 3 aromatic rings. The van der Waals surface area contributed by atoms with Gasteiger partial charge in [-0.3, -0.25) is 14.6 Å². The lowest BCUT2D eigenvalue weighted by atomic mass is 10.1. The fraction of sp³-hybridized carbons (Fsp3) is 0.158. The summed E-state index contributed by atoms with van der Waals surface area (Å²) < 4.78 is 5.12. The summed E-state index contributed by atoms with van der Waals surface area (Å²) in [4.78, 5) is 26.9. The molecule has 0 fully saturated rings. The number of thioether (sulfide) groups is 1. The Kier molecular flexibility index (Phi) is 6.22. The van der Waals surface area contributed by atoms with Crippen molar-refractivity contribution in [2.75, 3.05) is 18.2 Å². The van der Waals surface area contributed by atoms with Gasteiger partial charge in [0.15, 0.2) is 5.16 Å². The molecule has 0 bridgehead atoms. The van der Waals surface area contributed by atoms with Crippen molar-refractivity contribution in [3.8, 4) is 5.75 Å². The van der Waals surface area contributed by atoms with Gasteiger partial charge in [0.1, 0.15) is 11.4 Å². The Morgan fingerprint density at radius 1 is 1.15 bits per heavy atom. The molecule has 1 amide bonds. The van der Waals surface area contributed by atoms with Crippen molar-refractivity contribution in [1.29, 1.82) is 0 Å². The van der Waals surface area contributed by atoms with Crippen molar-refractivity contribution in [2.24, 2.45) is 0 Å². The highest BCUT2D eigenvalue weighted by molar-refractivity contribution is 7.99. The van der Waals surface area contributed by atoms with E-state index in [1.807, 2.05) is 30.3 Å². The molecule has 2 aromatic carbocycles. The highest BCUT2D eigenvalue weighted by Gasteiger charge is 2.09. The summed E-state index contributed by atoms with van der Waals surface area (Å²) in [7, 11) is 1.56. The SMILES string of the molecule is COc1cccc(NC(=O)CSc2nnc(Cc3ccccc3)c(=O)[nH]2)c1. The molecule has 1 heterocycles. The zero-order valence-corrected chi connectivity index (χ0v) is 15.5. The minimum atomic E-state index is -0.301. The second-order valence-corrected chi connectivity index (χ2v) is 6.60. The number of nitrogens with zero attached hydrogens (tertiary/aromatic N) is 2. The molecule has 138 valence electrons. The van der Waals surface area contributed by atoms with Crippen LogP contribution in [0, 0.1) is 0 Å². The molecule has 0 saturated carbocycles. The van der Waals surface area contributed by atoms with Crippen LogP contribution in [0.15, 0.2) is 64.5 Å². The highest BCUT2D eigenvalue weighted by Crippen LogP contribution is 2.17. The van der Waals surface area contributed by atoms with E-state index in [9.17, 15) is 9.59 Å². The summed E-state index contributed by atoms with van der Waals surface area (Å²) in [6.07, 6.45) is 0.407. The molecule has 0 aliphatic rings. The van der Waals surface area contributed by atoms with Crippen LogP contribution in [0.2, 0.25) is 0 Å². The van der Waals surface area contributed by atoms with Crippen molar-refractivity contribution in [1.82, 2.24) is 15.2 Å². The van der Waals surface area contributed by atoms with Gasteiger partial charge in [-0.1, -0.05) is 48.2 Å². The zero-order chi connectivity index (χ0) is 19.1. The molecule has 0 radical (unpaired) electrons. The van der Waals surface area contributed by atoms with Gasteiger partial charge < -0.3 is 10.1 Å². The summed E-state index contributed by atoms with van der Waals surface area (Å²) in [6, 6.07) is 16.6. The topological polar surface area (TPSA) is 97.0 Å². The molecule has 7 nitrogen and oxygen atoms in total. The lowest BCUT2D eigenvalue weighted by Gasteiger charge is -2.06. The van der Waals surface area contributed by atoms with Gasteiger partial charge in [0.25, 0.3) is 5.56 Å². The molecular formula is C19H18N4O3S. The van der Waals surface area contributed by atoms with Gasteiger partial charge in [-0.25, -0.2) is 0 Å². The molecule has 1 aromatic heterocycles. The number of anilines is 1. The number of carbonyl (C=O) groups is 1. The Morgan fingerprint density at radius 3 is 2.70 bits per heavy atom. The third kappa shape index (κ3) is 5.42. The van der Waals surface area contributed by atoms with Crippen LogP contribution >= 0.6 is 11.8 Å². The van der Waals surface area contributed by atoms with E-state index >= 15 is 0 Å². The van der Waals surface area contributed by atoms with Gasteiger partial charge in [0.2, 0.25) is 5.91 Å². The van der Waals surface area contributed by atoms with Gasteiger partial charge >= 0.3 is 0 Å². The first kappa shape index (κ1) is 18.7. The Bertz CT molecular complexity index is 976. The fourth-order valence-electron chi connectivity index (χ4n) is 2.35. The van der Waals surface area contributed by atoms with Crippen molar-refractivity contribution < 1.29 is 9.53 Å². The number of ether oxygens (including phenoxy) is 1. The van der Waals surface area contributed by atoms with Crippen LogP contribution in [-0.4, -0.2) is 34.0 Å². The third-order valence-electron chi connectivity index (χ3n) is 3.65. The molecular weight excluding hydrogens is 364 g/mol. The van der Waals surface area contributed by atoms with Gasteiger partial charge in [0, 0.05) is 18.2 Å². The third-order valence-corrected chi connectivity index (χ3v) is 4.52. The van der Waals surface area contributed by atoms with Crippen LogP contribution < -0.4 is 15.6 Å². The molecule has 3 rings (SSSR count). The van der Waals surface area contributed by atoms with E-state index in [1.165, 1.54) is 0 Å². The van der Waals surface area contributed by atoms with Gasteiger partial charge in [-0.05, 0) is 17.7 Å². The van der Waals surface area contributed by atoms with Crippen LogP contribution in [0.25, 0.3) is 0 Å². The minimum Gasteiger partial charge on any atom is -0.497 e. The van der Waals surface area contributed by atoms with Crippen molar-refractivity contribution >= 4 is 23.4 Å². The Morgan fingerprint density at radius 2 is 1.96 bits per heavy atom. The summed E-state index contributed by atoms with van der Waals surface area (Å²) in [5.74, 6) is 0.536. The lowest BCUT2D eigenvalue weighted by Crippen LogP contribution is -2.19. The van der Waals surface area contributed by atoms with E-state index in [1.54, 1.807) is 31.4 Å². The van der Waals surface area contributed by atoms with Crippen molar-refractivity contribution in [3.63, 3.8) is 0 Å². The first-order valence-corrected chi connectivity index (χ1v) is 9.19. The van der Waals surface area contributed by atoms with E-state index in [2.05, 4.69) is 20.5 Å². The number of nitrogens with one attached hydrogen (secondary N) is 2. The first-order chi connectivity index (χ1) is 13.1. The summed E-state index contributed by atoms with van der Waals surface area (Å²) >= 11 is 1.11. The van der Waals surface area contributed by atoms with E-state index in [0.717, 1.165) is 17.3 Å². The molecule has 0 spiro atoms. The number of methoxy groups -OCH3 is 1. The number of hydrogen-bond acceptors (Lipinski definition) is 6. The molecule has 2 N–H and O–H groups in total. The van der Waals surface area contributed by atoms with Gasteiger partial charge in [-0.2, -0.15) is 0 Å². The summed E-state index contributed by atoms with van der Waals surface area (Å²) in [5.41, 5.74) is 1.66. The molecule has 0 atom stereocenters. The molecule has 8 heteroatoms. The molecule has 0 aliphatic heterocycles. The van der Waals surface area contributed by atoms with Gasteiger partial charge in [0.05, 0.1) is 12.9 Å². The minimum absolute atomic E-state index is 0.0971. The van der Waals surface area contributed by atoms with Crippen LogP contribution in [0.5, 0.6) is 5.75 Å². The average molecular weight is 382 g/mol. The lowest BCUT2D eigenvalue weighted by molar-refractivity contribution is -0.113. The zero-order valence-electron chi connectivity index (χ0n) is 14.6. The Labute approximate surface area is 160 Å². The number of aromatic nitrogens is 3. The summed E-state index contributed by atoms with van der Waals surface area (Å²) in [6.45, 7) is 0. The maximum atomic E-state index is 12.2. The normalized spacial score (nSPS) is 10.4. The molecule has 27 heavy (non-hydrogen) atoms. The number of aromatic amines is 1. The van der Waals surface area contributed by atoms with Crippen LogP contribution in [-0.2, 0) is 11.2 Å². The molecule has 0 saturated heterocycles. The second kappa shape index (κ2) is 9.00. The number of rotatable bonds is 7. The van der Waals surface area contributed by atoms with Crippen LogP contribution in [0.4, 0.5) is 5.69 Å². The van der Waals surface area contributed by atoms with E-state index in [-0.39, 0.29) is 17.2 Å². The monoisotopic (exact) mass is 382 g/mol. The van der Waals surface area contributed by atoms with Crippen LogP contribution in [0.3, 0.4) is 0 Å². The highest BCUT2D eigenvalue weighted by atomic mass is 32.2. The number of amides is 1.